The molecule has 0 aliphatic heterocycles. The second-order valence-electron chi connectivity index (χ2n) is 4.61. The van der Waals surface area contributed by atoms with Gasteiger partial charge in [-0.05, 0) is 58.7 Å². The van der Waals surface area contributed by atoms with Crippen LogP contribution in [0.4, 0.5) is 4.39 Å². The Labute approximate surface area is 136 Å². The molecule has 0 fully saturated rings. The van der Waals surface area contributed by atoms with E-state index in [1.807, 2.05) is 31.2 Å². The topological polar surface area (TPSA) is 38.0 Å². The molecule has 1 unspecified atom stereocenters. The summed E-state index contributed by atoms with van der Waals surface area (Å²) < 4.78 is 14.6. The maximum atomic E-state index is 13.5. The number of aryl methyl sites for hydroxylation is 1. The lowest BCUT2D eigenvalue weighted by Gasteiger charge is -2.19. The van der Waals surface area contributed by atoms with Crippen LogP contribution in [0.2, 0.25) is 5.02 Å². The van der Waals surface area contributed by atoms with Crippen LogP contribution >= 0.6 is 34.2 Å². The zero-order valence-corrected chi connectivity index (χ0v) is 13.9. The van der Waals surface area contributed by atoms with Gasteiger partial charge in [0.15, 0.2) is 0 Å². The van der Waals surface area contributed by atoms with Gasteiger partial charge in [-0.25, -0.2) is 4.39 Å². The van der Waals surface area contributed by atoms with Gasteiger partial charge in [-0.15, -0.1) is 0 Å². The lowest BCUT2D eigenvalue weighted by Crippen LogP contribution is -2.30. The summed E-state index contributed by atoms with van der Waals surface area (Å²) in [6, 6.07) is 10.8. The van der Waals surface area contributed by atoms with Gasteiger partial charge >= 0.3 is 0 Å². The minimum absolute atomic E-state index is 0.110. The Hall–Kier alpha value is -0.690. The highest BCUT2D eigenvalue weighted by Crippen LogP contribution is 2.28. The van der Waals surface area contributed by atoms with E-state index in [0.717, 1.165) is 14.7 Å². The number of hydrogen-bond donors (Lipinski definition) is 2. The first-order valence-corrected chi connectivity index (χ1v) is 7.64. The molecule has 0 aliphatic carbocycles. The van der Waals surface area contributed by atoms with Gasteiger partial charge in [-0.1, -0.05) is 41.9 Å². The first-order chi connectivity index (χ1) is 9.54. The second kappa shape index (κ2) is 6.85. The van der Waals surface area contributed by atoms with E-state index < -0.39 is 5.82 Å². The van der Waals surface area contributed by atoms with E-state index in [4.69, 9.17) is 17.4 Å². The maximum absolute atomic E-state index is 13.5. The molecule has 3 N–H and O–H groups in total. The van der Waals surface area contributed by atoms with Gasteiger partial charge in [-0.2, -0.15) is 0 Å². The van der Waals surface area contributed by atoms with Crippen molar-refractivity contribution in [1.29, 1.82) is 0 Å². The van der Waals surface area contributed by atoms with Crippen LogP contribution in [0.25, 0.3) is 0 Å². The van der Waals surface area contributed by atoms with Crippen molar-refractivity contribution in [3.63, 3.8) is 0 Å². The summed E-state index contributed by atoms with van der Waals surface area (Å²) in [6.07, 6.45) is 0.534. The van der Waals surface area contributed by atoms with E-state index in [1.54, 1.807) is 6.07 Å². The number of rotatable bonds is 4. The first-order valence-electron chi connectivity index (χ1n) is 6.18. The number of benzene rings is 2. The van der Waals surface area contributed by atoms with E-state index in [1.165, 1.54) is 11.6 Å². The van der Waals surface area contributed by atoms with Crippen LogP contribution in [0.3, 0.4) is 0 Å². The molecule has 0 aromatic heterocycles. The smallest absolute Gasteiger partial charge is 0.142 e. The molecule has 0 bridgehead atoms. The predicted octanol–water partition coefficient (Wildman–Crippen LogP) is 4.14. The van der Waals surface area contributed by atoms with Crippen LogP contribution < -0.4 is 11.3 Å². The van der Waals surface area contributed by atoms with Crippen molar-refractivity contribution in [3.8, 4) is 0 Å². The Balaban J connectivity index is 2.34. The number of halogens is 3. The molecule has 0 heterocycles. The van der Waals surface area contributed by atoms with Crippen LogP contribution in [0.5, 0.6) is 0 Å². The van der Waals surface area contributed by atoms with Gasteiger partial charge in [0.1, 0.15) is 5.82 Å². The standard InChI is InChI=1S/C15H15ClFIN2/c1-9-4-2-6-11(15(9)18)13(20-19)8-10-5-3-7-12(17)14(10)16/h2-7,13,20H,8,19H2,1H3. The second-order valence-corrected chi connectivity index (χ2v) is 6.07. The molecule has 20 heavy (non-hydrogen) atoms. The molecule has 2 aromatic rings. The van der Waals surface area contributed by atoms with Gasteiger partial charge in [0, 0.05) is 3.57 Å². The molecule has 2 rings (SSSR count). The largest absolute Gasteiger partial charge is 0.271 e. The van der Waals surface area contributed by atoms with Gasteiger partial charge < -0.3 is 0 Å². The van der Waals surface area contributed by atoms with Crippen molar-refractivity contribution < 1.29 is 4.39 Å². The summed E-state index contributed by atoms with van der Waals surface area (Å²) in [7, 11) is 0. The van der Waals surface area contributed by atoms with Crippen LogP contribution in [0.15, 0.2) is 36.4 Å². The van der Waals surface area contributed by atoms with Gasteiger partial charge in [0.25, 0.3) is 0 Å². The van der Waals surface area contributed by atoms with Crippen LogP contribution in [0, 0.1) is 16.3 Å². The molecule has 1 atom stereocenters. The van der Waals surface area contributed by atoms with Crippen LogP contribution in [0.1, 0.15) is 22.7 Å². The Morgan fingerprint density at radius 3 is 2.70 bits per heavy atom. The molecule has 0 saturated heterocycles. The predicted molar refractivity (Wildman–Crippen MR) is 89.1 cm³/mol. The molecule has 0 radical (unpaired) electrons. The van der Waals surface area contributed by atoms with Gasteiger partial charge in [0.2, 0.25) is 0 Å². The fourth-order valence-electron chi connectivity index (χ4n) is 2.12. The van der Waals surface area contributed by atoms with Crippen molar-refractivity contribution in [1.82, 2.24) is 5.43 Å². The highest BCUT2D eigenvalue weighted by Gasteiger charge is 2.17. The summed E-state index contributed by atoms with van der Waals surface area (Å²) in [6.45, 7) is 2.05. The number of nitrogens with one attached hydrogen (secondary N) is 1. The molecule has 5 heteroatoms. The monoisotopic (exact) mass is 404 g/mol. The first kappa shape index (κ1) is 15.7. The molecule has 2 aromatic carbocycles. The van der Waals surface area contributed by atoms with E-state index in [2.05, 4.69) is 28.0 Å². The van der Waals surface area contributed by atoms with Crippen molar-refractivity contribution in [2.45, 2.75) is 19.4 Å². The third-order valence-electron chi connectivity index (χ3n) is 3.25. The average molecular weight is 405 g/mol. The third-order valence-corrected chi connectivity index (χ3v) is 5.15. The lowest BCUT2D eigenvalue weighted by molar-refractivity contribution is 0.546. The number of hydrazine groups is 1. The highest BCUT2D eigenvalue weighted by atomic mass is 127. The summed E-state index contributed by atoms with van der Waals surface area (Å²) in [5.74, 6) is 5.27. The quantitative estimate of drug-likeness (QED) is 0.457. The summed E-state index contributed by atoms with van der Waals surface area (Å²) in [5.41, 5.74) is 5.82. The minimum atomic E-state index is -0.404. The normalized spacial score (nSPS) is 12.4. The molecular formula is C15H15ClFIN2. The van der Waals surface area contributed by atoms with E-state index in [9.17, 15) is 4.39 Å². The lowest BCUT2D eigenvalue weighted by atomic mass is 9.98. The zero-order valence-electron chi connectivity index (χ0n) is 11.0. The van der Waals surface area contributed by atoms with Crippen LogP contribution in [-0.2, 0) is 6.42 Å². The molecule has 0 aliphatic rings. The SMILES string of the molecule is Cc1cccc(C(Cc2cccc(F)c2Cl)NN)c1I. The summed E-state index contributed by atoms with van der Waals surface area (Å²) in [4.78, 5) is 0. The van der Waals surface area contributed by atoms with Crippen LogP contribution in [-0.4, -0.2) is 0 Å². The Morgan fingerprint density at radius 1 is 1.30 bits per heavy atom. The van der Waals surface area contributed by atoms with E-state index in [-0.39, 0.29) is 11.1 Å². The van der Waals surface area contributed by atoms with Crippen molar-refractivity contribution in [2.24, 2.45) is 5.84 Å². The fraction of sp³-hybridized carbons (Fsp3) is 0.200. The van der Waals surface area contributed by atoms with Crippen molar-refractivity contribution in [2.75, 3.05) is 0 Å². The maximum Gasteiger partial charge on any atom is 0.142 e. The Kier molecular flexibility index (Phi) is 5.37. The molecule has 2 nitrogen and oxygen atoms in total. The van der Waals surface area contributed by atoms with Crippen molar-refractivity contribution in [3.05, 3.63) is 67.5 Å². The minimum Gasteiger partial charge on any atom is -0.271 e. The van der Waals surface area contributed by atoms with E-state index in [0.29, 0.717) is 6.42 Å². The molecule has 0 spiro atoms. The Morgan fingerprint density at radius 2 is 2.00 bits per heavy atom. The van der Waals surface area contributed by atoms with Gasteiger partial charge in [-0.3, -0.25) is 11.3 Å². The highest BCUT2D eigenvalue weighted by molar-refractivity contribution is 14.1. The fourth-order valence-corrected chi connectivity index (χ4v) is 3.06. The molecule has 0 amide bonds. The summed E-state index contributed by atoms with van der Waals surface area (Å²) in [5, 5.41) is 0.162. The Bertz CT molecular complexity index is 619. The number of hydrogen-bond acceptors (Lipinski definition) is 2. The zero-order chi connectivity index (χ0) is 14.7. The third kappa shape index (κ3) is 3.31. The summed E-state index contributed by atoms with van der Waals surface area (Å²) >= 11 is 8.31. The molecule has 0 saturated carbocycles. The van der Waals surface area contributed by atoms with Gasteiger partial charge in [0.05, 0.1) is 11.1 Å². The van der Waals surface area contributed by atoms with Crippen molar-refractivity contribution >= 4 is 34.2 Å². The molecular weight excluding hydrogens is 390 g/mol. The average Bonchev–Trinajstić information content (AvgIpc) is 2.44. The number of nitrogens with two attached hydrogens (primary N) is 1. The molecule has 106 valence electrons. The van der Waals surface area contributed by atoms with E-state index >= 15 is 0 Å².